The van der Waals surface area contributed by atoms with Crippen LogP contribution in [0.4, 0.5) is 0 Å². The summed E-state index contributed by atoms with van der Waals surface area (Å²) in [6.45, 7) is 3.15. The maximum atomic E-state index is 8.76. The summed E-state index contributed by atoms with van der Waals surface area (Å²) in [6, 6.07) is 6.83. The smallest absolute Gasteiger partial charge is 0.110 e. The molecule has 1 aromatic heterocycles. The molecule has 1 fully saturated rings. The van der Waals surface area contributed by atoms with Crippen LogP contribution < -0.4 is 5.32 Å². The summed E-state index contributed by atoms with van der Waals surface area (Å²) in [5, 5.41) is 13.2. The molecule has 0 spiro atoms. The van der Waals surface area contributed by atoms with Gasteiger partial charge in [0.1, 0.15) is 10.9 Å². The van der Waals surface area contributed by atoms with Crippen molar-refractivity contribution < 1.29 is 0 Å². The van der Waals surface area contributed by atoms with E-state index in [1.54, 1.807) is 11.3 Å². The van der Waals surface area contributed by atoms with Crippen molar-refractivity contribution >= 4 is 23.1 Å². The molecule has 0 aliphatic heterocycles. The number of hydrogen-bond acceptors (Lipinski definition) is 4. The number of nitriles is 1. The summed E-state index contributed by atoms with van der Waals surface area (Å²) in [6.07, 6.45) is 3.95. The van der Waals surface area contributed by atoms with Crippen LogP contribution in [0, 0.1) is 11.3 Å². The Kier molecular flexibility index (Phi) is 4.90. The summed E-state index contributed by atoms with van der Waals surface area (Å²) >= 11 is 3.69. The van der Waals surface area contributed by atoms with E-state index in [0.717, 1.165) is 16.7 Å². The lowest BCUT2D eigenvalue weighted by molar-refractivity contribution is 0.528. The highest BCUT2D eigenvalue weighted by atomic mass is 32.2. The zero-order chi connectivity index (χ0) is 12.1. The number of nitrogens with one attached hydrogen (secondary N) is 1. The molecule has 92 valence electrons. The van der Waals surface area contributed by atoms with Crippen LogP contribution in [0.25, 0.3) is 0 Å². The lowest BCUT2D eigenvalue weighted by atomic mass is 10.2. The van der Waals surface area contributed by atoms with Gasteiger partial charge in [-0.3, -0.25) is 0 Å². The molecule has 17 heavy (non-hydrogen) atoms. The van der Waals surface area contributed by atoms with E-state index in [1.165, 1.54) is 29.9 Å². The zero-order valence-corrected chi connectivity index (χ0v) is 11.7. The fraction of sp³-hybridized carbons (Fsp3) is 0.615. The SMILES string of the molecule is CCSC1CCC(NCc2ccc(C#N)s2)C1. The Morgan fingerprint density at radius 2 is 2.41 bits per heavy atom. The molecular formula is C13H18N2S2. The highest BCUT2D eigenvalue weighted by Crippen LogP contribution is 2.30. The molecular weight excluding hydrogens is 248 g/mol. The van der Waals surface area contributed by atoms with Gasteiger partial charge in [0.05, 0.1) is 0 Å². The first-order valence-corrected chi connectivity index (χ1v) is 8.02. The standard InChI is InChI=1S/C13H18N2S2/c1-2-16-11-4-3-10(7-11)15-9-13-6-5-12(8-14)17-13/h5-6,10-11,15H,2-4,7,9H2,1H3. The van der Waals surface area contributed by atoms with Crippen LogP contribution >= 0.6 is 23.1 Å². The molecule has 4 heteroatoms. The van der Waals surface area contributed by atoms with Gasteiger partial charge >= 0.3 is 0 Å². The lowest BCUT2D eigenvalue weighted by Gasteiger charge is -2.12. The molecule has 1 aliphatic carbocycles. The minimum Gasteiger partial charge on any atom is -0.309 e. The van der Waals surface area contributed by atoms with Crippen molar-refractivity contribution in [1.82, 2.24) is 5.32 Å². The Hall–Kier alpha value is -0.500. The molecule has 2 rings (SSSR count). The Morgan fingerprint density at radius 3 is 3.12 bits per heavy atom. The Morgan fingerprint density at radius 1 is 1.53 bits per heavy atom. The van der Waals surface area contributed by atoms with Crippen LogP contribution in [0.15, 0.2) is 12.1 Å². The Labute approximate surface area is 111 Å². The van der Waals surface area contributed by atoms with Gasteiger partial charge in [-0.15, -0.1) is 11.3 Å². The van der Waals surface area contributed by atoms with Gasteiger partial charge in [-0.05, 0) is 37.1 Å². The lowest BCUT2D eigenvalue weighted by Crippen LogP contribution is -2.25. The topological polar surface area (TPSA) is 35.8 Å². The number of hydrogen-bond donors (Lipinski definition) is 1. The third-order valence-electron chi connectivity index (χ3n) is 3.12. The van der Waals surface area contributed by atoms with E-state index in [-0.39, 0.29) is 0 Å². The van der Waals surface area contributed by atoms with Gasteiger partial charge < -0.3 is 5.32 Å². The van der Waals surface area contributed by atoms with Crippen LogP contribution in [-0.2, 0) is 6.54 Å². The normalized spacial score (nSPS) is 23.8. The van der Waals surface area contributed by atoms with Crippen molar-refractivity contribution in [2.24, 2.45) is 0 Å². The van der Waals surface area contributed by atoms with Gasteiger partial charge in [-0.2, -0.15) is 17.0 Å². The van der Waals surface area contributed by atoms with Gasteiger partial charge in [0.25, 0.3) is 0 Å². The fourth-order valence-corrected chi connectivity index (χ4v) is 4.19. The summed E-state index contributed by atoms with van der Waals surface area (Å²) in [5.74, 6) is 1.23. The largest absolute Gasteiger partial charge is 0.309 e. The first kappa shape index (κ1) is 12.9. The summed E-state index contributed by atoms with van der Waals surface area (Å²) in [7, 11) is 0. The monoisotopic (exact) mass is 266 g/mol. The van der Waals surface area contributed by atoms with Crippen molar-refractivity contribution in [3.8, 4) is 6.07 Å². The number of nitrogens with zero attached hydrogens (tertiary/aromatic N) is 1. The van der Waals surface area contributed by atoms with E-state index >= 15 is 0 Å². The molecule has 2 unspecified atom stereocenters. The average molecular weight is 266 g/mol. The summed E-state index contributed by atoms with van der Waals surface area (Å²) in [4.78, 5) is 2.08. The highest BCUT2D eigenvalue weighted by Gasteiger charge is 2.23. The van der Waals surface area contributed by atoms with Gasteiger partial charge in [0.2, 0.25) is 0 Å². The van der Waals surface area contributed by atoms with E-state index in [2.05, 4.69) is 36.1 Å². The molecule has 2 atom stereocenters. The van der Waals surface area contributed by atoms with E-state index < -0.39 is 0 Å². The minimum atomic E-state index is 0.673. The van der Waals surface area contributed by atoms with Crippen molar-refractivity contribution in [2.45, 2.75) is 44.0 Å². The van der Waals surface area contributed by atoms with Crippen molar-refractivity contribution in [3.63, 3.8) is 0 Å². The number of thiophene rings is 1. The van der Waals surface area contributed by atoms with E-state index in [1.807, 2.05) is 6.07 Å². The molecule has 1 aliphatic rings. The highest BCUT2D eigenvalue weighted by molar-refractivity contribution is 7.99. The summed E-state index contributed by atoms with van der Waals surface area (Å²) < 4.78 is 0. The van der Waals surface area contributed by atoms with Crippen molar-refractivity contribution in [2.75, 3.05) is 5.75 Å². The molecule has 0 radical (unpaired) electrons. The fourth-order valence-electron chi connectivity index (χ4n) is 2.29. The van der Waals surface area contributed by atoms with Gasteiger partial charge in [0.15, 0.2) is 0 Å². The van der Waals surface area contributed by atoms with E-state index in [9.17, 15) is 0 Å². The van der Waals surface area contributed by atoms with Crippen LogP contribution in [0.3, 0.4) is 0 Å². The predicted molar refractivity (Wildman–Crippen MR) is 75.4 cm³/mol. The minimum absolute atomic E-state index is 0.673. The quantitative estimate of drug-likeness (QED) is 0.887. The third-order valence-corrected chi connectivity index (χ3v) is 5.35. The van der Waals surface area contributed by atoms with Gasteiger partial charge in [0, 0.05) is 22.7 Å². The Balaban J connectivity index is 1.74. The molecule has 0 bridgehead atoms. The van der Waals surface area contributed by atoms with Crippen LogP contribution in [-0.4, -0.2) is 17.0 Å². The molecule has 0 amide bonds. The molecule has 1 aromatic rings. The van der Waals surface area contributed by atoms with E-state index in [4.69, 9.17) is 5.26 Å². The van der Waals surface area contributed by atoms with Gasteiger partial charge in [-0.1, -0.05) is 6.92 Å². The van der Waals surface area contributed by atoms with E-state index in [0.29, 0.717) is 6.04 Å². The zero-order valence-electron chi connectivity index (χ0n) is 10.1. The molecule has 1 saturated carbocycles. The number of thioether (sulfide) groups is 1. The van der Waals surface area contributed by atoms with Crippen molar-refractivity contribution in [1.29, 1.82) is 5.26 Å². The maximum absolute atomic E-state index is 8.76. The van der Waals surface area contributed by atoms with Gasteiger partial charge in [-0.25, -0.2) is 0 Å². The first-order valence-electron chi connectivity index (χ1n) is 6.15. The molecule has 1 N–H and O–H groups in total. The molecule has 2 nitrogen and oxygen atoms in total. The maximum Gasteiger partial charge on any atom is 0.110 e. The van der Waals surface area contributed by atoms with Crippen molar-refractivity contribution in [3.05, 3.63) is 21.9 Å². The third kappa shape index (κ3) is 3.74. The second-order valence-electron chi connectivity index (χ2n) is 4.35. The summed E-state index contributed by atoms with van der Waals surface area (Å²) in [5.41, 5.74) is 0. The second-order valence-corrected chi connectivity index (χ2v) is 7.09. The number of rotatable bonds is 5. The first-order chi connectivity index (χ1) is 8.31. The predicted octanol–water partition coefficient (Wildman–Crippen LogP) is 3.38. The van der Waals surface area contributed by atoms with Crippen LogP contribution in [0.1, 0.15) is 35.9 Å². The van der Waals surface area contributed by atoms with Crippen LogP contribution in [0.5, 0.6) is 0 Å². The second kappa shape index (κ2) is 6.44. The molecule has 0 aromatic carbocycles. The van der Waals surface area contributed by atoms with Crippen LogP contribution in [0.2, 0.25) is 0 Å². The molecule has 1 heterocycles. The molecule has 0 saturated heterocycles. The average Bonchev–Trinajstić information content (AvgIpc) is 2.95. The Bertz CT molecular complexity index is 394.